The first kappa shape index (κ1) is 36.5. The molecular formula is C33H40F6N2O6. The lowest BCUT2D eigenvalue weighted by atomic mass is 9.82. The molecule has 1 heterocycles. The molecule has 0 aromatic heterocycles. The molecule has 2 aromatic carbocycles. The van der Waals surface area contributed by atoms with Crippen LogP contribution in [-0.2, 0) is 27.0 Å². The number of ether oxygens (including phenoxy) is 3. The maximum Gasteiger partial charge on any atom is 0.419 e. The van der Waals surface area contributed by atoms with Crippen molar-refractivity contribution >= 4 is 17.6 Å². The molecule has 0 bridgehead atoms. The summed E-state index contributed by atoms with van der Waals surface area (Å²) in [6.45, 7) is 1.47. The van der Waals surface area contributed by atoms with E-state index >= 15 is 4.39 Å². The molecule has 0 unspecified atom stereocenters. The number of likely N-dealkylation sites (tertiary alicyclic amines) is 1. The van der Waals surface area contributed by atoms with Gasteiger partial charge in [-0.15, -0.1) is 0 Å². The SMILES string of the molecule is COCC(COC)N(c1cc(F)c(Oc2ccc(CN3CCCC(F)(F)C3)cc2C(F)(F)F)cc1C(=O)O)C(=O)[C@H]1CC[C@H](C)CC1. The van der Waals surface area contributed by atoms with Crippen LogP contribution in [0.25, 0.3) is 0 Å². The number of hydrogen-bond donors (Lipinski definition) is 1. The van der Waals surface area contributed by atoms with E-state index in [1.807, 2.05) is 0 Å². The lowest BCUT2D eigenvalue weighted by Crippen LogP contribution is -2.49. The lowest BCUT2D eigenvalue weighted by molar-refractivity contribution is -0.138. The van der Waals surface area contributed by atoms with Crippen molar-refractivity contribution in [2.45, 2.75) is 70.1 Å². The lowest BCUT2D eigenvalue weighted by Gasteiger charge is -2.36. The predicted octanol–water partition coefficient (Wildman–Crippen LogP) is 7.39. The number of methoxy groups -OCH3 is 2. The summed E-state index contributed by atoms with van der Waals surface area (Å²) in [6.07, 6.45) is -2.42. The summed E-state index contributed by atoms with van der Waals surface area (Å²) in [5.41, 5.74) is -2.08. The Hall–Kier alpha value is -3.36. The molecule has 1 aliphatic carbocycles. The van der Waals surface area contributed by atoms with Crippen molar-refractivity contribution in [2.24, 2.45) is 11.8 Å². The Kier molecular flexibility index (Phi) is 11.8. The molecule has 1 amide bonds. The number of nitrogens with zero attached hydrogens (tertiary/aromatic N) is 2. The molecule has 0 spiro atoms. The van der Waals surface area contributed by atoms with Crippen molar-refractivity contribution in [2.75, 3.05) is 45.4 Å². The Morgan fingerprint density at radius 2 is 1.70 bits per heavy atom. The molecule has 2 aromatic rings. The Morgan fingerprint density at radius 3 is 2.28 bits per heavy atom. The number of rotatable bonds is 12. The average molecular weight is 675 g/mol. The Labute approximate surface area is 269 Å². The van der Waals surface area contributed by atoms with E-state index < -0.39 is 70.9 Å². The van der Waals surface area contributed by atoms with Crippen molar-refractivity contribution in [3.05, 3.63) is 52.8 Å². The Bertz CT molecular complexity index is 1410. The van der Waals surface area contributed by atoms with E-state index in [1.54, 1.807) is 0 Å². The van der Waals surface area contributed by atoms with Gasteiger partial charge < -0.3 is 24.2 Å². The van der Waals surface area contributed by atoms with Crippen molar-refractivity contribution in [3.63, 3.8) is 0 Å². The molecule has 2 fully saturated rings. The Balaban J connectivity index is 1.71. The molecule has 1 aliphatic heterocycles. The van der Waals surface area contributed by atoms with Crippen LogP contribution in [0.3, 0.4) is 0 Å². The quantitative estimate of drug-likeness (QED) is 0.235. The summed E-state index contributed by atoms with van der Waals surface area (Å²) in [6, 6.07) is 3.62. The van der Waals surface area contributed by atoms with Crippen molar-refractivity contribution < 1.29 is 55.2 Å². The zero-order chi connectivity index (χ0) is 34.5. The van der Waals surface area contributed by atoms with Crippen LogP contribution in [0.4, 0.5) is 32.0 Å². The van der Waals surface area contributed by atoms with Gasteiger partial charge >= 0.3 is 12.1 Å². The number of hydrogen-bond acceptors (Lipinski definition) is 6. The molecule has 0 atom stereocenters. The first-order chi connectivity index (χ1) is 22.1. The zero-order valence-corrected chi connectivity index (χ0v) is 26.5. The van der Waals surface area contributed by atoms with Gasteiger partial charge in [0.15, 0.2) is 11.6 Å². The molecule has 0 radical (unpaired) electrons. The monoisotopic (exact) mass is 674 g/mol. The largest absolute Gasteiger partial charge is 0.478 e. The van der Waals surface area contributed by atoms with Crippen LogP contribution in [0.1, 0.15) is 66.9 Å². The normalized spacial score (nSPS) is 20.3. The third kappa shape index (κ3) is 9.17. The van der Waals surface area contributed by atoms with Gasteiger partial charge in [0.2, 0.25) is 5.91 Å². The van der Waals surface area contributed by atoms with E-state index in [-0.39, 0.29) is 43.9 Å². The highest BCUT2D eigenvalue weighted by Gasteiger charge is 2.39. The molecule has 47 heavy (non-hydrogen) atoms. The number of alkyl halides is 5. The fraction of sp³-hybridized carbons (Fsp3) is 0.576. The van der Waals surface area contributed by atoms with Crippen molar-refractivity contribution in [3.8, 4) is 11.5 Å². The van der Waals surface area contributed by atoms with Gasteiger partial charge in [0, 0.05) is 45.2 Å². The number of aromatic carboxylic acids is 1. The number of carbonyl (C=O) groups is 2. The predicted molar refractivity (Wildman–Crippen MR) is 160 cm³/mol. The second-order valence-corrected chi connectivity index (χ2v) is 12.4. The second kappa shape index (κ2) is 15.2. The van der Waals surface area contributed by atoms with E-state index in [4.69, 9.17) is 14.2 Å². The van der Waals surface area contributed by atoms with E-state index in [0.29, 0.717) is 25.3 Å². The molecular weight excluding hydrogens is 634 g/mol. The highest BCUT2D eigenvalue weighted by Crippen LogP contribution is 2.42. The Morgan fingerprint density at radius 1 is 1.04 bits per heavy atom. The molecule has 2 aliphatic rings. The first-order valence-corrected chi connectivity index (χ1v) is 15.5. The maximum atomic E-state index is 15.7. The molecule has 14 heteroatoms. The van der Waals surface area contributed by atoms with Gasteiger partial charge in [0.05, 0.1) is 42.6 Å². The van der Waals surface area contributed by atoms with Gasteiger partial charge in [-0.3, -0.25) is 9.69 Å². The van der Waals surface area contributed by atoms with Gasteiger partial charge in [-0.05, 0) is 62.3 Å². The van der Waals surface area contributed by atoms with Crippen LogP contribution >= 0.6 is 0 Å². The molecule has 260 valence electrons. The highest BCUT2D eigenvalue weighted by molar-refractivity contribution is 6.03. The van der Waals surface area contributed by atoms with Crippen LogP contribution in [-0.4, -0.2) is 74.4 Å². The summed E-state index contributed by atoms with van der Waals surface area (Å²) < 4.78 is 102. The van der Waals surface area contributed by atoms with Crippen LogP contribution in [0.5, 0.6) is 11.5 Å². The zero-order valence-electron chi connectivity index (χ0n) is 26.5. The standard InChI is InChI=1S/C33H40F6N2O6/c1-20-5-8-22(9-6-20)30(42)41(23(17-45-2)18-46-3)27-15-26(34)29(14-24(27)31(43)44)47-28-10-7-21(13-25(28)33(37,38)39)16-40-12-4-11-32(35,36)19-40/h7,10,13-15,20,22-23H,4-6,8-9,11-12,16-19H2,1-3H3,(H,43,44)/t20-,22-. The summed E-state index contributed by atoms with van der Waals surface area (Å²) in [7, 11) is 2.77. The third-order valence-electron chi connectivity index (χ3n) is 8.67. The van der Waals surface area contributed by atoms with Gasteiger partial charge in [-0.1, -0.05) is 13.0 Å². The number of carboxylic acids is 1. The van der Waals surface area contributed by atoms with Crippen molar-refractivity contribution in [1.82, 2.24) is 4.90 Å². The highest BCUT2D eigenvalue weighted by atomic mass is 19.4. The van der Waals surface area contributed by atoms with Gasteiger partial charge in [0.25, 0.3) is 5.92 Å². The number of carboxylic acid groups (broad SMARTS) is 1. The second-order valence-electron chi connectivity index (χ2n) is 12.4. The van der Waals surface area contributed by atoms with E-state index in [0.717, 1.165) is 42.0 Å². The molecule has 1 N–H and O–H groups in total. The molecule has 1 saturated heterocycles. The number of carbonyl (C=O) groups excluding carboxylic acids is 1. The third-order valence-corrected chi connectivity index (χ3v) is 8.67. The number of halogens is 6. The molecule has 1 saturated carbocycles. The minimum absolute atomic E-state index is 0.0714. The topological polar surface area (TPSA) is 88.5 Å². The van der Waals surface area contributed by atoms with Crippen LogP contribution < -0.4 is 9.64 Å². The average Bonchev–Trinajstić information content (AvgIpc) is 2.98. The van der Waals surface area contributed by atoms with Crippen LogP contribution in [0.2, 0.25) is 0 Å². The van der Waals surface area contributed by atoms with Crippen LogP contribution in [0.15, 0.2) is 30.3 Å². The minimum Gasteiger partial charge on any atom is -0.478 e. The first-order valence-electron chi connectivity index (χ1n) is 15.5. The maximum absolute atomic E-state index is 15.7. The minimum atomic E-state index is -4.97. The number of piperidine rings is 1. The summed E-state index contributed by atoms with van der Waals surface area (Å²) in [5.74, 6) is -7.83. The molecule has 8 nitrogen and oxygen atoms in total. The summed E-state index contributed by atoms with van der Waals surface area (Å²) in [4.78, 5) is 29.0. The van der Waals surface area contributed by atoms with E-state index in [2.05, 4.69) is 6.92 Å². The number of anilines is 1. The number of benzene rings is 2. The van der Waals surface area contributed by atoms with Crippen LogP contribution in [0, 0.1) is 17.7 Å². The van der Waals surface area contributed by atoms with Gasteiger partial charge in [-0.2, -0.15) is 13.2 Å². The van der Waals surface area contributed by atoms with Gasteiger partial charge in [0.1, 0.15) is 5.75 Å². The summed E-state index contributed by atoms with van der Waals surface area (Å²) in [5, 5.41) is 10.2. The summed E-state index contributed by atoms with van der Waals surface area (Å²) >= 11 is 0. The molecule has 4 rings (SSSR count). The van der Waals surface area contributed by atoms with E-state index in [1.165, 1.54) is 25.2 Å². The van der Waals surface area contributed by atoms with E-state index in [9.17, 15) is 36.6 Å². The fourth-order valence-electron chi connectivity index (χ4n) is 6.32. The smallest absolute Gasteiger partial charge is 0.419 e. The van der Waals surface area contributed by atoms with Gasteiger partial charge in [-0.25, -0.2) is 18.0 Å². The van der Waals surface area contributed by atoms with Crippen molar-refractivity contribution in [1.29, 1.82) is 0 Å². The fourth-order valence-corrected chi connectivity index (χ4v) is 6.32. The number of amides is 1.